The van der Waals surface area contributed by atoms with Crippen LogP contribution in [0.1, 0.15) is 43.7 Å². The summed E-state index contributed by atoms with van der Waals surface area (Å²) in [6.07, 6.45) is 3.05. The number of amides is 2. The van der Waals surface area contributed by atoms with Gasteiger partial charge < -0.3 is 14.9 Å². The number of carboxylic acid groups (broad SMARTS) is 1. The van der Waals surface area contributed by atoms with E-state index in [1.165, 1.54) is 11.8 Å². The fourth-order valence-corrected chi connectivity index (χ4v) is 4.21. The Balaban J connectivity index is 1.64. The number of hydrogen-bond acceptors (Lipinski definition) is 4. The highest BCUT2D eigenvalue weighted by Crippen LogP contribution is 2.21. The Labute approximate surface area is 164 Å². The van der Waals surface area contributed by atoms with Crippen molar-refractivity contribution in [2.45, 2.75) is 57.5 Å². The molecule has 2 aliphatic rings. The minimum Gasteiger partial charge on any atom is -0.480 e. The summed E-state index contributed by atoms with van der Waals surface area (Å²) in [5.41, 5.74) is 1.55. The molecular formula is C21H26N2O5. The highest BCUT2D eigenvalue weighted by Gasteiger charge is 2.34. The van der Waals surface area contributed by atoms with Gasteiger partial charge in [-0.3, -0.25) is 14.4 Å². The first-order valence-electron chi connectivity index (χ1n) is 9.77. The summed E-state index contributed by atoms with van der Waals surface area (Å²) < 4.78 is 0. The molecule has 1 N–H and O–H groups in total. The molecule has 2 heterocycles. The molecule has 0 saturated carbocycles. The van der Waals surface area contributed by atoms with E-state index in [1.54, 1.807) is 11.0 Å². The summed E-state index contributed by atoms with van der Waals surface area (Å²) in [5, 5.41) is 9.25. The normalized spacial score (nSPS) is 21.8. The zero-order valence-electron chi connectivity index (χ0n) is 16.1. The topological polar surface area (TPSA) is 95.0 Å². The third-order valence-electron chi connectivity index (χ3n) is 5.60. The van der Waals surface area contributed by atoms with Crippen molar-refractivity contribution in [1.29, 1.82) is 0 Å². The Hall–Kier alpha value is -2.70. The first kappa shape index (κ1) is 20.0. The molecule has 0 unspecified atom stereocenters. The molecule has 2 saturated heterocycles. The van der Waals surface area contributed by atoms with Crippen molar-refractivity contribution < 1.29 is 24.3 Å². The van der Waals surface area contributed by atoms with Crippen LogP contribution in [0.5, 0.6) is 0 Å². The number of carboxylic acids is 1. The summed E-state index contributed by atoms with van der Waals surface area (Å²) in [6, 6.07) is 6.21. The van der Waals surface area contributed by atoms with Gasteiger partial charge in [0.15, 0.2) is 5.78 Å². The number of benzene rings is 1. The monoisotopic (exact) mass is 386 g/mol. The first-order chi connectivity index (χ1) is 13.4. The van der Waals surface area contributed by atoms with Crippen LogP contribution >= 0.6 is 0 Å². The molecular weight excluding hydrogens is 360 g/mol. The molecule has 3 rings (SSSR count). The van der Waals surface area contributed by atoms with Gasteiger partial charge in [-0.25, -0.2) is 4.79 Å². The summed E-state index contributed by atoms with van der Waals surface area (Å²) in [4.78, 5) is 51.2. The van der Waals surface area contributed by atoms with Gasteiger partial charge in [0, 0.05) is 13.1 Å². The van der Waals surface area contributed by atoms with Gasteiger partial charge in [0.2, 0.25) is 11.8 Å². The van der Waals surface area contributed by atoms with Crippen molar-refractivity contribution in [2.75, 3.05) is 13.1 Å². The van der Waals surface area contributed by atoms with Crippen molar-refractivity contribution in [3.05, 3.63) is 35.4 Å². The van der Waals surface area contributed by atoms with E-state index in [0.29, 0.717) is 25.9 Å². The zero-order valence-corrected chi connectivity index (χ0v) is 16.1. The molecule has 28 heavy (non-hydrogen) atoms. The number of likely N-dealkylation sites (tertiary alicyclic amines) is 2. The zero-order chi connectivity index (χ0) is 20.3. The second kappa shape index (κ2) is 8.54. The smallest absolute Gasteiger partial charge is 0.326 e. The largest absolute Gasteiger partial charge is 0.480 e. The molecule has 2 amide bonds. The SMILES string of the molecule is CC(=O)[C@@H]1CCCN1C(=O)Cc1cccc(CC(=O)N2CCC[C@@H]2C(=O)O)c1. The number of hydrogen-bond donors (Lipinski definition) is 1. The van der Waals surface area contributed by atoms with Crippen LogP contribution in [0.3, 0.4) is 0 Å². The predicted octanol–water partition coefficient (Wildman–Crippen LogP) is 1.43. The summed E-state index contributed by atoms with van der Waals surface area (Å²) in [5.74, 6) is -1.23. The van der Waals surface area contributed by atoms with Crippen molar-refractivity contribution in [1.82, 2.24) is 9.80 Å². The standard InChI is InChI=1S/C21H26N2O5/c1-14(24)17-7-3-9-22(17)19(25)12-15-5-2-6-16(11-15)13-20(26)23-10-4-8-18(23)21(27)28/h2,5-6,11,17-18H,3-4,7-10,12-13H2,1H3,(H,27,28)/t17-,18+/m0/s1. The maximum Gasteiger partial charge on any atom is 0.326 e. The van der Waals surface area contributed by atoms with Gasteiger partial charge in [-0.15, -0.1) is 0 Å². The van der Waals surface area contributed by atoms with Gasteiger partial charge >= 0.3 is 5.97 Å². The average molecular weight is 386 g/mol. The fraction of sp³-hybridized carbons (Fsp3) is 0.524. The van der Waals surface area contributed by atoms with Gasteiger partial charge in [0.25, 0.3) is 0 Å². The van der Waals surface area contributed by atoms with E-state index < -0.39 is 12.0 Å². The number of carbonyl (C=O) groups is 4. The van der Waals surface area contributed by atoms with Crippen LogP contribution in [0.4, 0.5) is 0 Å². The average Bonchev–Trinajstić information content (AvgIpc) is 3.31. The van der Waals surface area contributed by atoms with Crippen LogP contribution in [0.15, 0.2) is 24.3 Å². The minimum absolute atomic E-state index is 0.0174. The van der Waals surface area contributed by atoms with E-state index in [1.807, 2.05) is 18.2 Å². The lowest BCUT2D eigenvalue weighted by Gasteiger charge is -2.23. The number of rotatable bonds is 6. The molecule has 2 fully saturated rings. The van der Waals surface area contributed by atoms with Crippen LogP contribution in [0.2, 0.25) is 0 Å². The van der Waals surface area contributed by atoms with Crippen molar-refractivity contribution in [2.24, 2.45) is 0 Å². The van der Waals surface area contributed by atoms with E-state index in [-0.39, 0.29) is 36.5 Å². The molecule has 7 heteroatoms. The van der Waals surface area contributed by atoms with Gasteiger partial charge in [-0.1, -0.05) is 24.3 Å². The molecule has 0 aromatic heterocycles. The van der Waals surface area contributed by atoms with Gasteiger partial charge in [0.1, 0.15) is 6.04 Å². The minimum atomic E-state index is -0.962. The van der Waals surface area contributed by atoms with Crippen molar-refractivity contribution in [3.63, 3.8) is 0 Å². The number of nitrogens with zero attached hydrogens (tertiary/aromatic N) is 2. The quantitative estimate of drug-likeness (QED) is 0.798. The Kier molecular flexibility index (Phi) is 6.11. The lowest BCUT2D eigenvalue weighted by Crippen LogP contribution is -2.41. The number of Topliss-reactive ketones (excluding diaryl/α,β-unsaturated/α-hetero) is 1. The summed E-state index contributed by atoms with van der Waals surface area (Å²) >= 11 is 0. The van der Waals surface area contributed by atoms with E-state index >= 15 is 0 Å². The molecule has 2 atom stereocenters. The highest BCUT2D eigenvalue weighted by atomic mass is 16.4. The third kappa shape index (κ3) is 4.40. The molecule has 1 aromatic carbocycles. The molecule has 150 valence electrons. The highest BCUT2D eigenvalue weighted by molar-refractivity contribution is 5.89. The number of carbonyl (C=O) groups excluding carboxylic acids is 3. The molecule has 0 spiro atoms. The Morgan fingerprint density at radius 1 is 0.929 bits per heavy atom. The van der Waals surface area contributed by atoms with Crippen molar-refractivity contribution in [3.8, 4) is 0 Å². The Bertz CT molecular complexity index is 730. The van der Waals surface area contributed by atoms with Crippen LogP contribution < -0.4 is 0 Å². The first-order valence-corrected chi connectivity index (χ1v) is 9.77. The second-order valence-electron chi connectivity index (χ2n) is 7.61. The van der Waals surface area contributed by atoms with Crippen LogP contribution in [-0.4, -0.2) is 63.6 Å². The lowest BCUT2D eigenvalue weighted by molar-refractivity contribution is -0.148. The third-order valence-corrected chi connectivity index (χ3v) is 5.60. The second-order valence-corrected chi connectivity index (χ2v) is 7.61. The number of aliphatic carboxylic acids is 1. The van der Waals surface area contributed by atoms with Gasteiger partial charge in [-0.2, -0.15) is 0 Å². The van der Waals surface area contributed by atoms with Crippen molar-refractivity contribution >= 4 is 23.6 Å². The Morgan fingerprint density at radius 3 is 1.93 bits per heavy atom. The molecule has 2 aliphatic heterocycles. The van der Waals surface area contributed by atoms with E-state index in [9.17, 15) is 24.3 Å². The molecule has 0 aliphatic carbocycles. The predicted molar refractivity (Wildman–Crippen MR) is 102 cm³/mol. The molecule has 0 bridgehead atoms. The van der Waals surface area contributed by atoms with Crippen LogP contribution in [-0.2, 0) is 32.0 Å². The number of ketones is 1. The summed E-state index contributed by atoms with van der Waals surface area (Å²) in [7, 11) is 0. The van der Waals surface area contributed by atoms with Gasteiger partial charge in [0.05, 0.1) is 18.9 Å². The van der Waals surface area contributed by atoms with E-state index in [4.69, 9.17) is 0 Å². The molecule has 7 nitrogen and oxygen atoms in total. The van der Waals surface area contributed by atoms with E-state index in [2.05, 4.69) is 0 Å². The van der Waals surface area contributed by atoms with E-state index in [0.717, 1.165) is 24.0 Å². The maximum absolute atomic E-state index is 12.6. The fourth-order valence-electron chi connectivity index (χ4n) is 4.21. The lowest BCUT2D eigenvalue weighted by atomic mass is 10.0. The van der Waals surface area contributed by atoms with Crippen LogP contribution in [0, 0.1) is 0 Å². The summed E-state index contributed by atoms with van der Waals surface area (Å²) in [6.45, 7) is 2.59. The van der Waals surface area contributed by atoms with Gasteiger partial charge in [-0.05, 0) is 43.7 Å². The maximum atomic E-state index is 12.6. The molecule has 1 aromatic rings. The molecule has 0 radical (unpaired) electrons. The Morgan fingerprint density at radius 2 is 1.43 bits per heavy atom. The van der Waals surface area contributed by atoms with Crippen LogP contribution in [0.25, 0.3) is 0 Å².